The van der Waals surface area contributed by atoms with Gasteiger partial charge < -0.3 is 10.2 Å². The molecule has 128 valence electrons. The van der Waals surface area contributed by atoms with Crippen molar-refractivity contribution < 1.29 is 4.79 Å². The van der Waals surface area contributed by atoms with Gasteiger partial charge in [-0.3, -0.25) is 4.79 Å². The van der Waals surface area contributed by atoms with E-state index in [1.54, 1.807) is 24.5 Å². The van der Waals surface area contributed by atoms with Gasteiger partial charge in [0.1, 0.15) is 5.82 Å². The molecule has 8 heteroatoms. The Kier molecular flexibility index (Phi) is 4.95. The maximum atomic E-state index is 12.2. The topological polar surface area (TPSA) is 75.9 Å². The fourth-order valence-electron chi connectivity index (χ4n) is 2.18. The number of nitrogens with one attached hydrogen (secondary N) is 1. The minimum absolute atomic E-state index is 0.220. The predicted molar refractivity (Wildman–Crippen MR) is 96.1 cm³/mol. The van der Waals surface area contributed by atoms with E-state index in [1.807, 2.05) is 43.3 Å². The van der Waals surface area contributed by atoms with Crippen LogP contribution in [0.15, 0.2) is 48.8 Å². The molecule has 3 rings (SSSR count). The monoisotopic (exact) mass is 356 g/mol. The second-order valence-corrected chi connectivity index (χ2v) is 6.01. The maximum absolute atomic E-state index is 12.2. The second kappa shape index (κ2) is 7.31. The van der Waals surface area contributed by atoms with Crippen molar-refractivity contribution in [2.24, 2.45) is 0 Å². The van der Waals surface area contributed by atoms with Crippen LogP contribution >= 0.6 is 11.6 Å². The zero-order valence-corrected chi connectivity index (χ0v) is 14.6. The van der Waals surface area contributed by atoms with Gasteiger partial charge in [-0.1, -0.05) is 35.0 Å². The number of amides is 1. The second-order valence-electron chi connectivity index (χ2n) is 5.60. The van der Waals surface area contributed by atoms with E-state index in [0.717, 1.165) is 11.4 Å². The highest BCUT2D eigenvalue weighted by Gasteiger charge is 2.12. The lowest BCUT2D eigenvalue weighted by atomic mass is 10.2. The summed E-state index contributed by atoms with van der Waals surface area (Å²) in [6.07, 6.45) is 3.28. The number of para-hydroxylation sites is 1. The van der Waals surface area contributed by atoms with Crippen molar-refractivity contribution in [3.8, 4) is 5.69 Å². The first kappa shape index (κ1) is 16.9. The van der Waals surface area contributed by atoms with Crippen LogP contribution in [0.2, 0.25) is 5.02 Å². The minimum Gasteiger partial charge on any atom is -0.363 e. The van der Waals surface area contributed by atoms with Crippen LogP contribution in [0.5, 0.6) is 0 Å². The molecule has 0 unspecified atom stereocenters. The number of benzene rings is 1. The highest BCUT2D eigenvalue weighted by Crippen LogP contribution is 2.18. The summed E-state index contributed by atoms with van der Waals surface area (Å²) >= 11 is 6.12. The normalized spacial score (nSPS) is 10.5. The smallest absolute Gasteiger partial charge is 0.273 e. The summed E-state index contributed by atoms with van der Waals surface area (Å²) in [5.41, 5.74) is 1.79. The molecule has 0 radical (unpaired) electrons. The van der Waals surface area contributed by atoms with E-state index in [4.69, 9.17) is 11.6 Å². The van der Waals surface area contributed by atoms with Crippen LogP contribution in [-0.4, -0.2) is 40.0 Å². The Hall–Kier alpha value is -2.93. The lowest BCUT2D eigenvalue weighted by Gasteiger charge is -2.11. The Morgan fingerprint density at radius 1 is 1.24 bits per heavy atom. The molecule has 0 saturated heterocycles. The molecule has 0 aliphatic heterocycles. The minimum atomic E-state index is -0.310. The predicted octanol–water partition coefficient (Wildman–Crippen LogP) is 2.31. The summed E-state index contributed by atoms with van der Waals surface area (Å²) in [6.45, 7) is 0.360. The number of aromatic nitrogens is 4. The Bertz CT molecular complexity index is 875. The van der Waals surface area contributed by atoms with Gasteiger partial charge in [-0.15, -0.1) is 5.10 Å². The van der Waals surface area contributed by atoms with Gasteiger partial charge in [0.2, 0.25) is 0 Å². The number of halogens is 1. The Morgan fingerprint density at radius 3 is 2.72 bits per heavy atom. The maximum Gasteiger partial charge on any atom is 0.273 e. The number of anilines is 1. The van der Waals surface area contributed by atoms with E-state index in [1.165, 1.54) is 4.68 Å². The van der Waals surface area contributed by atoms with Crippen LogP contribution < -0.4 is 10.2 Å². The number of pyridine rings is 1. The van der Waals surface area contributed by atoms with Crippen molar-refractivity contribution in [1.29, 1.82) is 0 Å². The molecule has 1 amide bonds. The quantitative estimate of drug-likeness (QED) is 0.759. The van der Waals surface area contributed by atoms with E-state index >= 15 is 0 Å². The first-order chi connectivity index (χ1) is 12.0. The molecule has 2 aromatic heterocycles. The molecule has 0 saturated carbocycles. The molecular formula is C17H17ClN6O. The number of hydrogen-bond donors (Lipinski definition) is 1. The van der Waals surface area contributed by atoms with Crippen molar-refractivity contribution in [3.05, 3.63) is 65.1 Å². The fourth-order valence-corrected chi connectivity index (χ4v) is 2.40. The van der Waals surface area contributed by atoms with Crippen LogP contribution in [0.25, 0.3) is 5.69 Å². The molecular weight excluding hydrogens is 340 g/mol. The lowest BCUT2D eigenvalue weighted by Crippen LogP contribution is -2.23. The summed E-state index contributed by atoms with van der Waals surface area (Å²) in [7, 11) is 3.85. The molecule has 7 nitrogen and oxygen atoms in total. The van der Waals surface area contributed by atoms with E-state index in [-0.39, 0.29) is 11.6 Å². The zero-order chi connectivity index (χ0) is 17.8. The average Bonchev–Trinajstić information content (AvgIpc) is 3.10. The van der Waals surface area contributed by atoms with Gasteiger partial charge in [-0.05, 0) is 23.8 Å². The molecule has 0 fully saturated rings. The average molecular weight is 357 g/mol. The molecule has 0 bridgehead atoms. The molecule has 1 aromatic carbocycles. The first-order valence-corrected chi connectivity index (χ1v) is 8.00. The van der Waals surface area contributed by atoms with Crippen LogP contribution in [0.4, 0.5) is 5.82 Å². The van der Waals surface area contributed by atoms with Gasteiger partial charge in [-0.25, -0.2) is 9.67 Å². The molecule has 0 spiro atoms. The molecule has 2 heterocycles. The summed E-state index contributed by atoms with van der Waals surface area (Å²) in [5, 5.41) is 11.2. The van der Waals surface area contributed by atoms with Crippen molar-refractivity contribution >= 4 is 23.3 Å². The van der Waals surface area contributed by atoms with E-state index in [9.17, 15) is 4.79 Å². The molecule has 25 heavy (non-hydrogen) atoms. The standard InChI is InChI=1S/C17H17ClN6O/c1-23(2)16-8-7-12(9-19-16)10-20-17(25)14-11-24(22-21-14)15-6-4-3-5-13(15)18/h3-9,11H,10H2,1-2H3,(H,20,25). The van der Waals surface area contributed by atoms with Gasteiger partial charge in [0, 0.05) is 26.8 Å². The Labute approximate surface area is 150 Å². The molecule has 0 aliphatic carbocycles. The lowest BCUT2D eigenvalue weighted by molar-refractivity contribution is 0.0946. The third-order valence-electron chi connectivity index (χ3n) is 3.55. The molecule has 1 N–H and O–H groups in total. The summed E-state index contributed by atoms with van der Waals surface area (Å²) < 4.78 is 1.48. The first-order valence-electron chi connectivity index (χ1n) is 7.62. The fraction of sp³-hybridized carbons (Fsp3) is 0.176. The van der Waals surface area contributed by atoms with Crippen LogP contribution in [0, 0.1) is 0 Å². The van der Waals surface area contributed by atoms with Gasteiger partial charge in [-0.2, -0.15) is 0 Å². The Balaban J connectivity index is 1.65. The van der Waals surface area contributed by atoms with Crippen molar-refractivity contribution in [2.45, 2.75) is 6.54 Å². The molecule has 0 aliphatic rings. The zero-order valence-electron chi connectivity index (χ0n) is 13.8. The Morgan fingerprint density at radius 2 is 2.04 bits per heavy atom. The third kappa shape index (κ3) is 3.95. The van der Waals surface area contributed by atoms with Crippen LogP contribution in [-0.2, 0) is 6.54 Å². The summed E-state index contributed by atoms with van der Waals surface area (Å²) in [6, 6.07) is 11.0. The SMILES string of the molecule is CN(C)c1ccc(CNC(=O)c2cn(-c3ccccc3Cl)nn2)cn1. The summed E-state index contributed by atoms with van der Waals surface area (Å²) in [4.78, 5) is 18.5. The third-order valence-corrected chi connectivity index (χ3v) is 3.87. The summed E-state index contributed by atoms with van der Waals surface area (Å²) in [5.74, 6) is 0.549. The van der Waals surface area contributed by atoms with Crippen molar-refractivity contribution in [1.82, 2.24) is 25.3 Å². The number of hydrogen-bond acceptors (Lipinski definition) is 5. The van der Waals surface area contributed by atoms with E-state index in [0.29, 0.717) is 17.3 Å². The number of carbonyl (C=O) groups is 1. The van der Waals surface area contributed by atoms with E-state index < -0.39 is 0 Å². The number of carbonyl (C=O) groups excluding carboxylic acids is 1. The van der Waals surface area contributed by atoms with Gasteiger partial charge in [0.15, 0.2) is 5.69 Å². The number of rotatable bonds is 5. The molecule has 0 atom stereocenters. The largest absolute Gasteiger partial charge is 0.363 e. The van der Waals surface area contributed by atoms with Gasteiger partial charge in [0.05, 0.1) is 16.9 Å². The van der Waals surface area contributed by atoms with Gasteiger partial charge >= 0.3 is 0 Å². The van der Waals surface area contributed by atoms with Gasteiger partial charge in [0.25, 0.3) is 5.91 Å². The van der Waals surface area contributed by atoms with E-state index in [2.05, 4.69) is 20.6 Å². The van der Waals surface area contributed by atoms with Crippen LogP contribution in [0.1, 0.15) is 16.1 Å². The van der Waals surface area contributed by atoms with Crippen molar-refractivity contribution in [2.75, 3.05) is 19.0 Å². The highest BCUT2D eigenvalue weighted by atomic mass is 35.5. The van der Waals surface area contributed by atoms with Crippen molar-refractivity contribution in [3.63, 3.8) is 0 Å². The molecule has 3 aromatic rings. The van der Waals surface area contributed by atoms with Crippen LogP contribution in [0.3, 0.4) is 0 Å². The number of nitrogens with zero attached hydrogens (tertiary/aromatic N) is 5. The highest BCUT2D eigenvalue weighted by molar-refractivity contribution is 6.32.